The summed E-state index contributed by atoms with van der Waals surface area (Å²) in [7, 11) is 0. The van der Waals surface area contributed by atoms with Crippen LogP contribution in [0.25, 0.3) is 0 Å². The maximum Gasteiger partial charge on any atom is 0.268 e. The van der Waals surface area contributed by atoms with Crippen LogP contribution in [0.3, 0.4) is 0 Å². The Labute approximate surface area is 87.7 Å². The predicted molar refractivity (Wildman–Crippen MR) is 51.0 cm³/mol. The Kier molecular flexibility index (Phi) is 3.36. The molecule has 6 heteroatoms. The molecule has 1 heterocycles. The van der Waals surface area contributed by atoms with Gasteiger partial charge in [-0.1, -0.05) is 15.9 Å². The smallest absolute Gasteiger partial charge is 0.268 e. The van der Waals surface area contributed by atoms with Crippen molar-refractivity contribution < 1.29 is 8.78 Å². The van der Waals surface area contributed by atoms with E-state index >= 15 is 0 Å². The molecule has 0 spiro atoms. The number of halogens is 3. The van der Waals surface area contributed by atoms with Crippen LogP contribution in [0.5, 0.6) is 0 Å². The Balaban J connectivity index is 3.37. The van der Waals surface area contributed by atoms with Gasteiger partial charge in [0.15, 0.2) is 0 Å². The lowest BCUT2D eigenvalue weighted by Gasteiger charge is -2.07. The van der Waals surface area contributed by atoms with E-state index in [0.29, 0.717) is 11.0 Å². The summed E-state index contributed by atoms with van der Waals surface area (Å²) in [5, 5.41) is 9.00. The predicted octanol–water partition coefficient (Wildman–Crippen LogP) is 2.37. The molecule has 0 amide bonds. The Morgan fingerprint density at radius 2 is 2.29 bits per heavy atom. The summed E-state index contributed by atoms with van der Waals surface area (Å²) < 4.78 is 24.9. The minimum absolute atomic E-state index is 0.123. The van der Waals surface area contributed by atoms with Crippen LogP contribution in [0, 0.1) is 11.3 Å². The van der Waals surface area contributed by atoms with Gasteiger partial charge >= 0.3 is 0 Å². The van der Waals surface area contributed by atoms with Crippen molar-refractivity contribution in [1.82, 2.24) is 4.98 Å². The van der Waals surface area contributed by atoms with Gasteiger partial charge in [-0.3, -0.25) is 0 Å². The maximum atomic E-state index is 12.4. The van der Waals surface area contributed by atoms with Crippen LogP contribution in [0.1, 0.15) is 23.2 Å². The third kappa shape index (κ3) is 1.99. The molecule has 1 aromatic heterocycles. The van der Waals surface area contributed by atoms with E-state index in [0.717, 1.165) is 0 Å². The fourth-order valence-corrected chi connectivity index (χ4v) is 1.31. The molecule has 0 aliphatic rings. The molecule has 74 valence electrons. The first-order valence-electron chi connectivity index (χ1n) is 3.63. The van der Waals surface area contributed by atoms with E-state index in [1.54, 1.807) is 6.07 Å². The molecule has 0 aliphatic carbocycles. The van der Waals surface area contributed by atoms with Gasteiger partial charge in [0, 0.05) is 5.33 Å². The molecule has 0 saturated carbocycles. The number of aromatic nitrogens is 1. The molecule has 2 N–H and O–H groups in total. The molecule has 1 rings (SSSR count). The number of anilines is 1. The topological polar surface area (TPSA) is 62.7 Å². The van der Waals surface area contributed by atoms with Crippen molar-refractivity contribution in [3.8, 4) is 6.07 Å². The number of nitrogens with two attached hydrogens (primary N) is 1. The number of nitriles is 1. The molecule has 1 aromatic rings. The Morgan fingerprint density at radius 1 is 1.64 bits per heavy atom. The highest BCUT2D eigenvalue weighted by molar-refractivity contribution is 9.08. The van der Waals surface area contributed by atoms with Crippen LogP contribution in [0.15, 0.2) is 6.07 Å². The number of rotatable bonds is 2. The number of hydrogen-bond acceptors (Lipinski definition) is 3. The van der Waals surface area contributed by atoms with E-state index in [9.17, 15) is 8.78 Å². The third-order valence-corrected chi connectivity index (χ3v) is 2.19. The van der Waals surface area contributed by atoms with Gasteiger partial charge in [-0.15, -0.1) is 0 Å². The van der Waals surface area contributed by atoms with Crippen molar-refractivity contribution in [2.24, 2.45) is 0 Å². The Bertz CT molecular complexity index is 387. The normalized spacial score (nSPS) is 10.2. The highest BCUT2D eigenvalue weighted by Crippen LogP contribution is 2.27. The van der Waals surface area contributed by atoms with Crippen molar-refractivity contribution >= 4 is 21.7 Å². The average molecular weight is 262 g/mol. The average Bonchev–Trinajstić information content (AvgIpc) is 2.15. The largest absolute Gasteiger partial charge is 0.383 e. The highest BCUT2D eigenvalue weighted by Gasteiger charge is 2.18. The molecule has 14 heavy (non-hydrogen) atoms. The Morgan fingerprint density at radius 3 is 2.71 bits per heavy atom. The standard InChI is InChI=1S/C8H6BrF2N3/c9-2-5-1-4(3-12)6(7(10)11)8(13)14-5/h1,7H,2H2,(H2,13,14). The van der Waals surface area contributed by atoms with Gasteiger partial charge in [0.25, 0.3) is 6.43 Å². The molecule has 3 nitrogen and oxygen atoms in total. The summed E-state index contributed by atoms with van der Waals surface area (Å²) in [5.74, 6) is -0.284. The lowest BCUT2D eigenvalue weighted by molar-refractivity contribution is 0.151. The van der Waals surface area contributed by atoms with Gasteiger partial charge in [0.2, 0.25) is 0 Å². The van der Waals surface area contributed by atoms with Crippen molar-refractivity contribution in [3.05, 3.63) is 22.9 Å². The SMILES string of the molecule is N#Cc1cc(CBr)nc(N)c1C(F)F. The van der Waals surface area contributed by atoms with Gasteiger partial charge in [0.05, 0.1) is 22.9 Å². The monoisotopic (exact) mass is 261 g/mol. The van der Waals surface area contributed by atoms with Gasteiger partial charge in [-0.05, 0) is 6.07 Å². The third-order valence-electron chi connectivity index (χ3n) is 1.62. The molecule has 0 radical (unpaired) electrons. The first-order valence-corrected chi connectivity index (χ1v) is 4.75. The molecule has 0 unspecified atom stereocenters. The summed E-state index contributed by atoms with van der Waals surface area (Å²) in [6.07, 6.45) is -2.78. The zero-order valence-corrected chi connectivity index (χ0v) is 8.55. The van der Waals surface area contributed by atoms with E-state index in [1.165, 1.54) is 6.07 Å². The van der Waals surface area contributed by atoms with E-state index in [4.69, 9.17) is 11.0 Å². The fourth-order valence-electron chi connectivity index (χ4n) is 1.02. The lowest BCUT2D eigenvalue weighted by atomic mass is 10.1. The number of hydrogen-bond donors (Lipinski definition) is 1. The number of alkyl halides is 3. The first kappa shape index (κ1) is 10.9. The van der Waals surface area contributed by atoms with E-state index in [2.05, 4.69) is 20.9 Å². The molecule has 0 aliphatic heterocycles. The zero-order valence-electron chi connectivity index (χ0n) is 6.97. The second-order valence-electron chi connectivity index (χ2n) is 2.51. The fraction of sp³-hybridized carbons (Fsp3) is 0.250. The molecule has 0 bridgehead atoms. The minimum atomic E-state index is -2.78. The summed E-state index contributed by atoms with van der Waals surface area (Å²) in [6, 6.07) is 2.97. The highest BCUT2D eigenvalue weighted by atomic mass is 79.9. The van der Waals surface area contributed by atoms with E-state index < -0.39 is 12.0 Å². The van der Waals surface area contributed by atoms with Crippen molar-refractivity contribution in [2.45, 2.75) is 11.8 Å². The van der Waals surface area contributed by atoms with Gasteiger partial charge in [0.1, 0.15) is 5.82 Å². The summed E-state index contributed by atoms with van der Waals surface area (Å²) in [6.45, 7) is 0. The van der Waals surface area contributed by atoms with Crippen molar-refractivity contribution in [2.75, 3.05) is 5.73 Å². The molecular formula is C8H6BrF2N3. The van der Waals surface area contributed by atoms with Crippen LogP contribution >= 0.6 is 15.9 Å². The van der Waals surface area contributed by atoms with Gasteiger partial charge in [-0.2, -0.15) is 5.26 Å². The van der Waals surface area contributed by atoms with Crippen LogP contribution in [-0.2, 0) is 5.33 Å². The van der Waals surface area contributed by atoms with E-state index in [-0.39, 0.29) is 11.4 Å². The molecule has 0 saturated heterocycles. The second kappa shape index (κ2) is 4.33. The van der Waals surface area contributed by atoms with Crippen LogP contribution in [-0.4, -0.2) is 4.98 Å². The van der Waals surface area contributed by atoms with E-state index in [1.807, 2.05) is 0 Å². The van der Waals surface area contributed by atoms with Crippen LogP contribution in [0.2, 0.25) is 0 Å². The molecule has 0 aromatic carbocycles. The molecule has 0 atom stereocenters. The molecule has 0 fully saturated rings. The number of nitrogen functional groups attached to an aromatic ring is 1. The number of nitrogens with zero attached hydrogens (tertiary/aromatic N) is 2. The second-order valence-corrected chi connectivity index (χ2v) is 3.07. The summed E-state index contributed by atoms with van der Waals surface area (Å²) in [4.78, 5) is 3.72. The van der Waals surface area contributed by atoms with Crippen molar-refractivity contribution in [1.29, 1.82) is 5.26 Å². The summed E-state index contributed by atoms with van der Waals surface area (Å²) >= 11 is 3.10. The molecular weight excluding hydrogens is 256 g/mol. The summed E-state index contributed by atoms with van der Waals surface area (Å²) in [5.41, 5.74) is 5.16. The minimum Gasteiger partial charge on any atom is -0.383 e. The Hall–Kier alpha value is -1.22. The lowest BCUT2D eigenvalue weighted by Crippen LogP contribution is -2.04. The first-order chi connectivity index (χ1) is 6.60. The van der Waals surface area contributed by atoms with Crippen molar-refractivity contribution in [3.63, 3.8) is 0 Å². The number of pyridine rings is 1. The van der Waals surface area contributed by atoms with Gasteiger partial charge in [-0.25, -0.2) is 13.8 Å². The zero-order chi connectivity index (χ0) is 10.7. The van der Waals surface area contributed by atoms with Crippen LogP contribution in [0.4, 0.5) is 14.6 Å². The quantitative estimate of drug-likeness (QED) is 0.832. The van der Waals surface area contributed by atoms with Gasteiger partial charge < -0.3 is 5.73 Å². The maximum absolute atomic E-state index is 12.4. The van der Waals surface area contributed by atoms with Crippen LogP contribution < -0.4 is 5.73 Å².